The third-order valence-electron chi connectivity index (χ3n) is 4.47. The maximum atomic E-state index is 5.46. The molecular weight excluding hydrogens is 372 g/mol. The molecule has 3 aromatic rings. The van der Waals surface area contributed by atoms with Crippen LogP contribution in [0.2, 0.25) is 0 Å². The van der Waals surface area contributed by atoms with E-state index in [1.165, 1.54) is 0 Å². The van der Waals surface area contributed by atoms with Crippen molar-refractivity contribution in [2.45, 2.75) is 18.5 Å². The van der Waals surface area contributed by atoms with Gasteiger partial charge in [0.2, 0.25) is 0 Å². The fraction of sp³-hybridized carbons (Fsp3) is 0.350. The lowest BCUT2D eigenvalue weighted by Gasteiger charge is -2.28. The van der Waals surface area contributed by atoms with Gasteiger partial charge in [-0.05, 0) is 12.5 Å². The smallest absolute Gasteiger partial charge is 0.191 e. The van der Waals surface area contributed by atoms with Crippen molar-refractivity contribution < 1.29 is 4.74 Å². The zero-order valence-electron chi connectivity index (χ0n) is 15.9. The predicted octanol–water partition coefficient (Wildman–Crippen LogP) is 3.74. The number of hydrogen-bond donors (Lipinski definition) is 2. The molecule has 1 aliphatic rings. The molecule has 7 nitrogen and oxygen atoms in total. The van der Waals surface area contributed by atoms with Gasteiger partial charge in [-0.1, -0.05) is 36.9 Å². The van der Waals surface area contributed by atoms with E-state index in [0.717, 1.165) is 65.9 Å². The molecule has 0 unspecified atom stereocenters. The molecule has 0 amide bonds. The highest BCUT2D eigenvalue weighted by molar-refractivity contribution is 7.99. The number of anilines is 2. The molecule has 0 aliphatic carbocycles. The van der Waals surface area contributed by atoms with Crippen molar-refractivity contribution in [1.82, 2.24) is 15.0 Å². The fourth-order valence-corrected chi connectivity index (χ4v) is 3.76. The lowest BCUT2D eigenvalue weighted by molar-refractivity contribution is 0.122. The molecule has 0 saturated carbocycles. The molecule has 0 spiro atoms. The fourth-order valence-electron chi connectivity index (χ4n) is 3.05. The third kappa shape index (κ3) is 4.45. The molecule has 0 atom stereocenters. The number of nitrogens with zero attached hydrogens (tertiary/aromatic N) is 4. The van der Waals surface area contributed by atoms with Gasteiger partial charge in [-0.3, -0.25) is 5.43 Å². The van der Waals surface area contributed by atoms with E-state index < -0.39 is 0 Å². The molecule has 4 rings (SSSR count). The molecular formula is C20H24N6OS. The summed E-state index contributed by atoms with van der Waals surface area (Å²) in [7, 11) is 0. The Morgan fingerprint density at radius 2 is 2.14 bits per heavy atom. The van der Waals surface area contributed by atoms with Crippen molar-refractivity contribution in [2.75, 3.05) is 42.4 Å². The summed E-state index contributed by atoms with van der Waals surface area (Å²) in [5, 5.41) is 6.32. The summed E-state index contributed by atoms with van der Waals surface area (Å²) in [6.45, 7) is 5.29. The highest BCUT2D eigenvalue weighted by atomic mass is 32.2. The van der Waals surface area contributed by atoms with Crippen LogP contribution in [-0.4, -0.2) is 53.2 Å². The molecule has 28 heavy (non-hydrogen) atoms. The molecule has 0 bridgehead atoms. The van der Waals surface area contributed by atoms with Crippen LogP contribution in [0.25, 0.3) is 10.9 Å². The summed E-state index contributed by atoms with van der Waals surface area (Å²) in [6, 6.07) is 10.1. The van der Waals surface area contributed by atoms with Crippen LogP contribution in [0.1, 0.15) is 18.9 Å². The summed E-state index contributed by atoms with van der Waals surface area (Å²) in [5.74, 6) is 2.61. The van der Waals surface area contributed by atoms with E-state index in [2.05, 4.69) is 44.5 Å². The Balaban J connectivity index is 1.53. The van der Waals surface area contributed by atoms with Crippen LogP contribution in [-0.2, 0) is 4.74 Å². The van der Waals surface area contributed by atoms with Gasteiger partial charge < -0.3 is 14.6 Å². The van der Waals surface area contributed by atoms with Gasteiger partial charge >= 0.3 is 0 Å². The van der Waals surface area contributed by atoms with E-state index in [4.69, 9.17) is 9.72 Å². The average molecular weight is 397 g/mol. The van der Waals surface area contributed by atoms with Crippen LogP contribution in [0.5, 0.6) is 0 Å². The van der Waals surface area contributed by atoms with E-state index in [1.54, 1.807) is 11.8 Å². The number of ether oxygens (including phenoxy) is 1. The van der Waals surface area contributed by atoms with Crippen LogP contribution < -0.4 is 10.3 Å². The highest BCUT2D eigenvalue weighted by Crippen LogP contribution is 2.23. The second-order valence-corrected chi connectivity index (χ2v) is 7.56. The zero-order chi connectivity index (χ0) is 19.2. The molecule has 3 heterocycles. The first-order valence-electron chi connectivity index (χ1n) is 9.53. The summed E-state index contributed by atoms with van der Waals surface area (Å²) in [6.07, 6.45) is 4.85. The average Bonchev–Trinajstić information content (AvgIpc) is 3.16. The first-order chi connectivity index (χ1) is 13.8. The van der Waals surface area contributed by atoms with Gasteiger partial charge in [-0.25, -0.2) is 9.97 Å². The number of aromatic amines is 1. The molecule has 0 radical (unpaired) electrons. The summed E-state index contributed by atoms with van der Waals surface area (Å²) < 4.78 is 5.46. The number of nitrogens with one attached hydrogen (secondary N) is 2. The number of rotatable bonds is 7. The Bertz CT molecular complexity index is 951. The van der Waals surface area contributed by atoms with Gasteiger partial charge in [0.05, 0.1) is 19.4 Å². The minimum absolute atomic E-state index is 0.700. The Morgan fingerprint density at radius 1 is 1.29 bits per heavy atom. The van der Waals surface area contributed by atoms with Crippen molar-refractivity contribution in [3.63, 3.8) is 0 Å². The monoisotopic (exact) mass is 396 g/mol. The Kier molecular flexibility index (Phi) is 6.08. The molecule has 2 N–H and O–H groups in total. The van der Waals surface area contributed by atoms with Crippen molar-refractivity contribution in [1.29, 1.82) is 0 Å². The third-order valence-corrected chi connectivity index (χ3v) is 5.52. The van der Waals surface area contributed by atoms with E-state index in [9.17, 15) is 0 Å². The van der Waals surface area contributed by atoms with Crippen LogP contribution >= 0.6 is 11.8 Å². The number of benzene rings is 1. The second kappa shape index (κ2) is 9.07. The largest absolute Gasteiger partial charge is 0.378 e. The van der Waals surface area contributed by atoms with Crippen LogP contribution in [0.15, 0.2) is 46.8 Å². The number of morpholine rings is 1. The van der Waals surface area contributed by atoms with Crippen LogP contribution in [0.3, 0.4) is 0 Å². The first-order valence-corrected chi connectivity index (χ1v) is 10.5. The summed E-state index contributed by atoms with van der Waals surface area (Å²) in [5.41, 5.74) is 5.21. The number of hydrogen-bond acceptors (Lipinski definition) is 7. The number of hydrazone groups is 1. The van der Waals surface area contributed by atoms with Gasteiger partial charge in [-0.2, -0.15) is 5.10 Å². The van der Waals surface area contributed by atoms with Gasteiger partial charge in [0.15, 0.2) is 11.0 Å². The predicted molar refractivity (Wildman–Crippen MR) is 116 cm³/mol. The van der Waals surface area contributed by atoms with Crippen LogP contribution in [0.4, 0.5) is 11.6 Å². The number of thioether (sulfide) groups is 1. The van der Waals surface area contributed by atoms with E-state index in [1.807, 2.05) is 30.6 Å². The lowest BCUT2D eigenvalue weighted by atomic mass is 10.2. The summed E-state index contributed by atoms with van der Waals surface area (Å²) in [4.78, 5) is 14.8. The van der Waals surface area contributed by atoms with Gasteiger partial charge in [-0.15, -0.1) is 0 Å². The molecule has 1 aliphatic heterocycles. The minimum Gasteiger partial charge on any atom is -0.378 e. The number of fused-ring (bicyclic) bond motifs is 1. The zero-order valence-corrected chi connectivity index (χ0v) is 16.7. The lowest BCUT2D eigenvalue weighted by Crippen LogP contribution is -2.36. The van der Waals surface area contributed by atoms with Gasteiger partial charge in [0.25, 0.3) is 0 Å². The second-order valence-electron chi connectivity index (χ2n) is 6.50. The van der Waals surface area contributed by atoms with Crippen LogP contribution in [0, 0.1) is 0 Å². The van der Waals surface area contributed by atoms with E-state index >= 15 is 0 Å². The topological polar surface area (TPSA) is 78.4 Å². The standard InChI is InChI=1S/C20H24N6OS/c1-2-11-28-20-23-18(12-19(24-20)26-7-9-27-10-8-26)25-22-14-15-13-21-17-6-4-3-5-16(15)17/h3-6,12-14,21H,2,7-11H2,1H3,(H,23,24,25)/b22-14+. The van der Waals surface area contributed by atoms with Gasteiger partial charge in [0, 0.05) is 47.6 Å². The number of para-hydroxylation sites is 1. The highest BCUT2D eigenvalue weighted by Gasteiger charge is 2.15. The van der Waals surface area contributed by atoms with Crippen molar-refractivity contribution in [3.8, 4) is 0 Å². The van der Waals surface area contributed by atoms with E-state index in [0.29, 0.717) is 5.82 Å². The molecule has 1 aromatic carbocycles. The first kappa shape index (κ1) is 18.8. The number of H-pyrrole nitrogens is 1. The summed E-state index contributed by atoms with van der Waals surface area (Å²) >= 11 is 1.67. The molecule has 146 valence electrons. The molecule has 2 aromatic heterocycles. The molecule has 1 saturated heterocycles. The minimum atomic E-state index is 0.700. The molecule has 1 fully saturated rings. The maximum absolute atomic E-state index is 5.46. The van der Waals surface area contributed by atoms with Crippen molar-refractivity contribution in [2.24, 2.45) is 5.10 Å². The Hall–Kier alpha value is -2.58. The van der Waals surface area contributed by atoms with Crippen molar-refractivity contribution in [3.05, 3.63) is 42.1 Å². The Labute approximate surface area is 168 Å². The maximum Gasteiger partial charge on any atom is 0.191 e. The molecule has 8 heteroatoms. The normalized spacial score (nSPS) is 14.8. The quantitative estimate of drug-likeness (QED) is 0.274. The SMILES string of the molecule is CCCSc1nc(N/N=C/c2c[nH]c3ccccc23)cc(N2CCOCC2)n1. The van der Waals surface area contributed by atoms with Gasteiger partial charge in [0.1, 0.15) is 5.82 Å². The van der Waals surface area contributed by atoms with E-state index in [-0.39, 0.29) is 0 Å². The Morgan fingerprint density at radius 3 is 3.00 bits per heavy atom. The number of aromatic nitrogens is 3. The van der Waals surface area contributed by atoms with Crippen molar-refractivity contribution >= 4 is 40.5 Å².